The topological polar surface area (TPSA) is 141 Å². The summed E-state index contributed by atoms with van der Waals surface area (Å²) in [4.78, 5) is 32.3. The first-order valence-corrected chi connectivity index (χ1v) is 21.0. The van der Waals surface area contributed by atoms with Crippen molar-refractivity contribution in [3.8, 4) is 17.2 Å². The Labute approximate surface area is 362 Å². The second-order valence-electron chi connectivity index (χ2n) is 15.5. The number of carbonyl (C=O) groups is 2. The second-order valence-corrected chi connectivity index (χ2v) is 16.3. The van der Waals surface area contributed by atoms with E-state index in [2.05, 4.69) is 9.88 Å². The summed E-state index contributed by atoms with van der Waals surface area (Å²) in [6.07, 6.45) is 6.37. The Morgan fingerprint density at radius 3 is 2.30 bits per heavy atom. The molecule has 3 saturated heterocycles. The summed E-state index contributed by atoms with van der Waals surface area (Å²) >= 11 is 13.0. The smallest absolute Gasteiger partial charge is 0.387 e. The molecule has 2 N–H and O–H groups in total. The van der Waals surface area contributed by atoms with Crippen LogP contribution < -0.4 is 19.2 Å². The van der Waals surface area contributed by atoms with Crippen molar-refractivity contribution >= 4 is 35.1 Å². The first-order valence-electron chi connectivity index (χ1n) is 20.2. The van der Waals surface area contributed by atoms with Crippen LogP contribution in [0.25, 0.3) is 0 Å². The van der Waals surface area contributed by atoms with E-state index in [1.54, 1.807) is 18.5 Å². The fourth-order valence-corrected chi connectivity index (χ4v) is 8.41. The lowest BCUT2D eigenvalue weighted by atomic mass is 9.85. The number of H-pyrrole nitrogens is 1. The minimum atomic E-state index is -3.06. The minimum Gasteiger partial charge on any atom is -0.870 e. The Balaban J connectivity index is 0.00000561. The largest absolute Gasteiger partial charge is 0.870 e. The van der Waals surface area contributed by atoms with Gasteiger partial charge in [-0.15, -0.1) is 0 Å². The zero-order valence-electron chi connectivity index (χ0n) is 33.2. The van der Waals surface area contributed by atoms with Crippen molar-refractivity contribution in [2.45, 2.75) is 69.9 Å². The van der Waals surface area contributed by atoms with E-state index in [4.69, 9.17) is 51.3 Å². The normalized spacial score (nSPS) is 19.1. The highest BCUT2D eigenvalue weighted by atomic mass is 35.5. The predicted octanol–water partition coefficient (Wildman–Crippen LogP) is 9.49. The van der Waals surface area contributed by atoms with E-state index in [1.165, 1.54) is 24.3 Å². The Kier molecular flexibility index (Phi) is 14.5. The standard InChI is InChI=1S/C46H44Cl2F2N2O8.H2O/c47-37-23-51-24-38(48)36(37)21-41(32-11-13-39(60-46(49)50)42(20-32)56-26-28-9-10-28)59-45(54)40-14-12-34(57-40)27-55-33-8-4-7-31(19-33)35(29-5-2-1-3-6-29)22-44(53)58-43-25-52-17-15-30(43)16-18-52;/h1-8,11-14,19-20,23-24,28,30,35,41,43,46H,9-10,15-18,21-22,25-27H2;1H2/t35-,41-,43-;/m0./s1. The number of esters is 2. The lowest BCUT2D eigenvalue weighted by Crippen LogP contribution is -2.52. The van der Waals surface area contributed by atoms with E-state index in [-0.39, 0.29) is 60.2 Å². The van der Waals surface area contributed by atoms with Gasteiger partial charge in [-0.1, -0.05) is 71.7 Å². The van der Waals surface area contributed by atoms with Crippen molar-refractivity contribution in [3.05, 3.63) is 141 Å². The number of carbonyl (C=O) groups excluding carboxylic acids is 2. The van der Waals surface area contributed by atoms with E-state index in [0.29, 0.717) is 51.1 Å². The van der Waals surface area contributed by atoms with Crippen LogP contribution >= 0.6 is 23.2 Å². The van der Waals surface area contributed by atoms with Crippen LogP contribution in [0.1, 0.15) is 82.7 Å². The quantitative estimate of drug-likeness (QED) is 0.0782. The van der Waals surface area contributed by atoms with Crippen LogP contribution in [-0.2, 0) is 27.3 Å². The molecule has 322 valence electrons. The van der Waals surface area contributed by atoms with Gasteiger partial charge < -0.3 is 33.6 Å². The third-order valence-corrected chi connectivity index (χ3v) is 12.0. The van der Waals surface area contributed by atoms with E-state index in [1.807, 2.05) is 54.6 Å². The number of nitrogens with zero attached hydrogens (tertiary/aromatic N) is 1. The summed E-state index contributed by atoms with van der Waals surface area (Å²) in [5.41, 5.74) is 2.82. The van der Waals surface area contributed by atoms with Crippen LogP contribution in [0.4, 0.5) is 8.78 Å². The van der Waals surface area contributed by atoms with Gasteiger partial charge in [-0.3, -0.25) is 9.69 Å². The molecule has 3 aliphatic heterocycles. The molecule has 5 aromatic rings. The van der Waals surface area contributed by atoms with Crippen molar-refractivity contribution in [2.24, 2.45) is 11.8 Å². The third-order valence-electron chi connectivity index (χ3n) is 11.3. The van der Waals surface area contributed by atoms with E-state index in [0.717, 1.165) is 56.4 Å². The number of benzene rings is 3. The maximum Gasteiger partial charge on any atom is 0.387 e. The number of alkyl halides is 2. The number of piperidine rings is 3. The van der Waals surface area contributed by atoms with E-state index in [9.17, 15) is 18.4 Å². The van der Waals surface area contributed by atoms with Gasteiger partial charge >= 0.3 is 18.6 Å². The number of hydrogen-bond donors (Lipinski definition) is 0. The molecule has 11 nitrogen and oxygen atoms in total. The van der Waals surface area contributed by atoms with E-state index < -0.39 is 18.7 Å². The van der Waals surface area contributed by atoms with Gasteiger partial charge in [0.15, 0.2) is 23.9 Å². The molecular formula is C46H46Cl2F2N2O9. The molecule has 0 unspecified atom stereocenters. The molecule has 0 radical (unpaired) electrons. The number of ether oxygens (including phenoxy) is 5. The average molecular weight is 880 g/mol. The van der Waals surface area contributed by atoms with Gasteiger partial charge in [0.2, 0.25) is 5.76 Å². The van der Waals surface area contributed by atoms with Gasteiger partial charge in [-0.2, -0.15) is 8.78 Å². The average Bonchev–Trinajstić information content (AvgIpc) is 3.97. The molecule has 4 aliphatic rings. The molecule has 3 atom stereocenters. The van der Waals surface area contributed by atoms with Gasteiger partial charge in [0.1, 0.15) is 40.4 Å². The number of halogens is 4. The van der Waals surface area contributed by atoms with Crippen molar-refractivity contribution in [3.63, 3.8) is 0 Å². The van der Waals surface area contributed by atoms with Gasteiger partial charge in [0, 0.05) is 24.4 Å². The summed E-state index contributed by atoms with van der Waals surface area (Å²) in [5, 5.41) is 0.625. The summed E-state index contributed by atoms with van der Waals surface area (Å²) in [7, 11) is 0. The molecular weight excluding hydrogens is 833 g/mol. The number of pyridine rings is 1. The monoisotopic (exact) mass is 878 g/mol. The fourth-order valence-electron chi connectivity index (χ4n) is 7.88. The van der Waals surface area contributed by atoms with Crippen molar-refractivity contribution in [1.82, 2.24) is 4.90 Å². The Bertz CT molecular complexity index is 2250. The summed E-state index contributed by atoms with van der Waals surface area (Å²) in [6, 6.07) is 24.9. The van der Waals surface area contributed by atoms with Crippen LogP contribution in [-0.4, -0.2) is 61.3 Å². The number of aromatic amines is 1. The molecule has 1 saturated carbocycles. The second kappa shape index (κ2) is 20.1. The highest BCUT2D eigenvalue weighted by Gasteiger charge is 2.37. The van der Waals surface area contributed by atoms with Crippen LogP contribution in [0.3, 0.4) is 0 Å². The number of furan rings is 1. The summed E-state index contributed by atoms with van der Waals surface area (Å²) in [6.45, 7) is 0.205. The van der Waals surface area contributed by atoms with Gasteiger partial charge in [0.05, 0.1) is 13.0 Å². The lowest BCUT2D eigenvalue weighted by molar-refractivity contribution is -0.377. The molecule has 1 aliphatic carbocycles. The SMILES string of the molecule is O=C(C[C@@H](c1ccccc1)c1cccc(OCc2ccc(C(=O)O[C@@H](Cc3c(Cl)c[nH+]cc3Cl)c3ccc(OC(F)F)c(OCC4CC4)c3)o2)c1)O[C@H]1CN2CCC1CC2.[OH-]. The maximum atomic E-state index is 13.7. The zero-order valence-corrected chi connectivity index (χ0v) is 34.7. The highest BCUT2D eigenvalue weighted by Crippen LogP contribution is 2.39. The van der Waals surface area contributed by atoms with E-state index >= 15 is 0 Å². The molecule has 61 heavy (non-hydrogen) atoms. The molecule has 5 heterocycles. The maximum absolute atomic E-state index is 13.7. The highest BCUT2D eigenvalue weighted by molar-refractivity contribution is 6.35. The Hall–Kier alpha value is -5.21. The molecule has 9 rings (SSSR count). The van der Waals surface area contributed by atoms with Crippen LogP contribution in [0.2, 0.25) is 10.0 Å². The van der Waals surface area contributed by atoms with Crippen LogP contribution in [0.5, 0.6) is 17.2 Å². The number of nitrogens with one attached hydrogen (secondary N) is 1. The fraction of sp³-hybridized carbons (Fsp3) is 0.370. The molecule has 0 amide bonds. The van der Waals surface area contributed by atoms with Crippen LogP contribution in [0, 0.1) is 11.8 Å². The number of aromatic nitrogens is 1. The third kappa shape index (κ3) is 11.4. The van der Waals surface area contributed by atoms with Gasteiger partial charge in [0.25, 0.3) is 0 Å². The lowest BCUT2D eigenvalue weighted by Gasteiger charge is -2.44. The summed E-state index contributed by atoms with van der Waals surface area (Å²) in [5.74, 6) is 0.278. The molecule has 0 spiro atoms. The molecule has 2 aromatic heterocycles. The number of rotatable bonds is 18. The molecule has 3 aromatic carbocycles. The first-order chi connectivity index (χ1) is 29.1. The zero-order chi connectivity index (χ0) is 41.6. The number of fused-ring (bicyclic) bond motifs is 3. The van der Waals surface area contributed by atoms with Gasteiger partial charge in [-0.25, -0.2) is 9.78 Å². The summed E-state index contributed by atoms with van der Waals surface area (Å²) < 4.78 is 61.3. The predicted molar refractivity (Wildman–Crippen MR) is 220 cm³/mol. The molecule has 15 heteroatoms. The van der Waals surface area contributed by atoms with Crippen molar-refractivity contribution < 1.29 is 56.9 Å². The Morgan fingerprint density at radius 1 is 0.836 bits per heavy atom. The molecule has 2 bridgehead atoms. The molecule has 4 fully saturated rings. The Morgan fingerprint density at radius 2 is 1.59 bits per heavy atom. The first kappa shape index (κ1) is 43.9. The minimum absolute atomic E-state index is 0. The van der Waals surface area contributed by atoms with Crippen molar-refractivity contribution in [2.75, 3.05) is 26.2 Å². The van der Waals surface area contributed by atoms with Crippen molar-refractivity contribution in [1.29, 1.82) is 0 Å². The van der Waals surface area contributed by atoms with Crippen LogP contribution in [0.15, 0.2) is 102 Å². The van der Waals surface area contributed by atoms with Gasteiger partial charge in [-0.05, 0) is 104 Å². The number of hydrogen-bond acceptors (Lipinski definition) is 10.